The lowest BCUT2D eigenvalue weighted by atomic mass is 10.0. The number of hydrogen-bond donors (Lipinski definition) is 1. The molecular weight excluding hydrogens is 236 g/mol. The highest BCUT2D eigenvalue weighted by atomic mass is 16.5. The fraction of sp³-hybridized carbons (Fsp3) is 0.312. The Kier molecular flexibility index (Phi) is 4.39. The predicted octanol–water partition coefficient (Wildman–Crippen LogP) is 3.83. The van der Waals surface area contributed by atoms with Crippen molar-refractivity contribution in [3.05, 3.63) is 53.7 Å². The van der Waals surface area contributed by atoms with Crippen molar-refractivity contribution in [2.45, 2.75) is 26.3 Å². The lowest BCUT2D eigenvalue weighted by molar-refractivity contribution is 0.415. The van der Waals surface area contributed by atoms with Gasteiger partial charge in [0.2, 0.25) is 0 Å². The topological polar surface area (TPSA) is 34.1 Å². The van der Waals surface area contributed by atoms with Crippen LogP contribution in [0.5, 0.6) is 5.75 Å². The third-order valence-electron chi connectivity index (χ3n) is 3.10. The summed E-state index contributed by atoms with van der Waals surface area (Å²) in [5.74, 6) is 2.11. The van der Waals surface area contributed by atoms with Crippen LogP contribution < -0.4 is 10.1 Å². The van der Waals surface area contributed by atoms with E-state index < -0.39 is 0 Å². The van der Waals surface area contributed by atoms with Gasteiger partial charge in [0, 0.05) is 12.7 Å². The maximum Gasteiger partial charge on any atom is 0.168 e. The van der Waals surface area contributed by atoms with E-state index in [0.29, 0.717) is 5.92 Å². The molecule has 0 aliphatic heterocycles. The van der Waals surface area contributed by atoms with Crippen LogP contribution >= 0.6 is 0 Å². The van der Waals surface area contributed by atoms with Gasteiger partial charge in [-0.2, -0.15) is 0 Å². The van der Waals surface area contributed by atoms with E-state index in [9.17, 15) is 0 Å². The second-order valence-electron chi connectivity index (χ2n) is 4.80. The van der Waals surface area contributed by atoms with Gasteiger partial charge in [0.05, 0.1) is 7.11 Å². The number of nitrogens with zero attached hydrogens (tertiary/aromatic N) is 1. The van der Waals surface area contributed by atoms with Gasteiger partial charge in [-0.05, 0) is 29.2 Å². The van der Waals surface area contributed by atoms with Crippen LogP contribution in [0.15, 0.2) is 42.6 Å². The van der Waals surface area contributed by atoms with Crippen LogP contribution in [0.1, 0.15) is 30.9 Å². The fourth-order valence-corrected chi connectivity index (χ4v) is 1.89. The maximum atomic E-state index is 5.26. The van der Waals surface area contributed by atoms with E-state index in [2.05, 4.69) is 48.4 Å². The van der Waals surface area contributed by atoms with Crippen LogP contribution in [0.4, 0.5) is 5.82 Å². The predicted molar refractivity (Wildman–Crippen MR) is 78.6 cm³/mol. The molecule has 0 radical (unpaired) electrons. The molecule has 0 aliphatic rings. The van der Waals surface area contributed by atoms with E-state index >= 15 is 0 Å². The molecule has 1 aromatic heterocycles. The first kappa shape index (κ1) is 13.4. The van der Waals surface area contributed by atoms with Crippen molar-refractivity contribution < 1.29 is 4.74 Å². The summed E-state index contributed by atoms with van der Waals surface area (Å²) in [5.41, 5.74) is 2.59. The summed E-state index contributed by atoms with van der Waals surface area (Å²) >= 11 is 0. The Hall–Kier alpha value is -2.03. The van der Waals surface area contributed by atoms with Gasteiger partial charge in [-0.25, -0.2) is 4.98 Å². The zero-order valence-electron chi connectivity index (χ0n) is 11.7. The molecule has 3 heteroatoms. The van der Waals surface area contributed by atoms with Crippen LogP contribution in [0, 0.1) is 0 Å². The minimum Gasteiger partial charge on any atom is -0.493 e. The Labute approximate surface area is 114 Å². The van der Waals surface area contributed by atoms with E-state index in [0.717, 1.165) is 18.1 Å². The van der Waals surface area contributed by atoms with Crippen LogP contribution in [-0.2, 0) is 6.54 Å². The van der Waals surface area contributed by atoms with E-state index in [1.54, 1.807) is 13.3 Å². The smallest absolute Gasteiger partial charge is 0.168 e. The van der Waals surface area contributed by atoms with Gasteiger partial charge in [-0.1, -0.05) is 38.1 Å². The van der Waals surface area contributed by atoms with Gasteiger partial charge in [0.25, 0.3) is 0 Å². The van der Waals surface area contributed by atoms with Crippen molar-refractivity contribution in [2.75, 3.05) is 12.4 Å². The summed E-state index contributed by atoms with van der Waals surface area (Å²) in [5, 5.41) is 3.29. The van der Waals surface area contributed by atoms with Crippen molar-refractivity contribution in [2.24, 2.45) is 0 Å². The summed E-state index contributed by atoms with van der Waals surface area (Å²) < 4.78 is 5.26. The zero-order valence-corrected chi connectivity index (χ0v) is 11.7. The molecule has 0 bridgehead atoms. The molecule has 2 rings (SSSR count). The standard InChI is InChI=1S/C16H20N2O/c1-12(2)14-8-6-13(7-9-14)11-18-16-15(19-3)5-4-10-17-16/h4-10,12H,11H2,1-3H3,(H,17,18). The average molecular weight is 256 g/mol. The third-order valence-corrected chi connectivity index (χ3v) is 3.10. The molecule has 2 aromatic rings. The molecule has 0 spiro atoms. The van der Waals surface area contributed by atoms with Gasteiger partial charge in [-0.3, -0.25) is 0 Å². The first-order valence-electron chi connectivity index (χ1n) is 6.52. The monoisotopic (exact) mass is 256 g/mol. The van der Waals surface area contributed by atoms with Gasteiger partial charge >= 0.3 is 0 Å². The lowest BCUT2D eigenvalue weighted by Crippen LogP contribution is -2.03. The van der Waals surface area contributed by atoms with Crippen LogP contribution in [0.3, 0.4) is 0 Å². The minimum absolute atomic E-state index is 0.567. The number of anilines is 1. The Balaban J connectivity index is 2.02. The third kappa shape index (κ3) is 3.47. The first-order chi connectivity index (χ1) is 9.20. The number of benzene rings is 1. The minimum atomic E-state index is 0.567. The van der Waals surface area contributed by atoms with Crippen LogP contribution in [0.25, 0.3) is 0 Å². The Bertz CT molecular complexity index is 521. The van der Waals surface area contributed by atoms with Crippen LogP contribution in [-0.4, -0.2) is 12.1 Å². The normalized spacial score (nSPS) is 10.5. The maximum absolute atomic E-state index is 5.26. The summed E-state index contributed by atoms with van der Waals surface area (Å²) in [6.07, 6.45) is 1.76. The molecule has 0 saturated carbocycles. The van der Waals surface area contributed by atoms with Crippen molar-refractivity contribution >= 4 is 5.82 Å². The molecule has 0 atom stereocenters. The SMILES string of the molecule is COc1cccnc1NCc1ccc(C(C)C)cc1. The Morgan fingerprint density at radius 2 is 1.89 bits per heavy atom. The molecule has 19 heavy (non-hydrogen) atoms. The molecule has 1 aromatic carbocycles. The number of rotatable bonds is 5. The molecule has 0 saturated heterocycles. The molecule has 0 amide bonds. The highest BCUT2D eigenvalue weighted by Crippen LogP contribution is 2.21. The molecular formula is C16H20N2O. The van der Waals surface area contributed by atoms with Crippen molar-refractivity contribution in [3.63, 3.8) is 0 Å². The van der Waals surface area contributed by atoms with E-state index in [1.165, 1.54) is 11.1 Å². The van der Waals surface area contributed by atoms with Crippen molar-refractivity contribution in [1.29, 1.82) is 0 Å². The summed E-state index contributed by atoms with van der Waals surface area (Å²) in [7, 11) is 1.65. The van der Waals surface area contributed by atoms with Crippen LogP contribution in [0.2, 0.25) is 0 Å². The number of pyridine rings is 1. The number of ether oxygens (including phenoxy) is 1. The molecule has 1 N–H and O–H groups in total. The molecule has 0 fully saturated rings. The molecule has 3 nitrogen and oxygen atoms in total. The molecule has 1 heterocycles. The van der Waals surface area contributed by atoms with Crippen molar-refractivity contribution in [1.82, 2.24) is 4.98 Å². The highest BCUT2D eigenvalue weighted by Gasteiger charge is 2.03. The summed E-state index contributed by atoms with van der Waals surface area (Å²) in [4.78, 5) is 4.27. The second-order valence-corrected chi connectivity index (χ2v) is 4.80. The van der Waals surface area contributed by atoms with E-state index in [-0.39, 0.29) is 0 Å². The lowest BCUT2D eigenvalue weighted by Gasteiger charge is -2.10. The van der Waals surface area contributed by atoms with Gasteiger partial charge < -0.3 is 10.1 Å². The first-order valence-corrected chi connectivity index (χ1v) is 6.52. The molecule has 0 aliphatic carbocycles. The molecule has 100 valence electrons. The Morgan fingerprint density at radius 3 is 2.53 bits per heavy atom. The number of aromatic nitrogens is 1. The number of nitrogens with one attached hydrogen (secondary N) is 1. The number of hydrogen-bond acceptors (Lipinski definition) is 3. The van der Waals surface area contributed by atoms with E-state index in [1.807, 2.05) is 12.1 Å². The van der Waals surface area contributed by atoms with Gasteiger partial charge in [-0.15, -0.1) is 0 Å². The Morgan fingerprint density at radius 1 is 1.16 bits per heavy atom. The van der Waals surface area contributed by atoms with Gasteiger partial charge in [0.1, 0.15) is 0 Å². The summed E-state index contributed by atoms with van der Waals surface area (Å²) in [6.45, 7) is 5.14. The zero-order chi connectivity index (χ0) is 13.7. The number of methoxy groups -OCH3 is 1. The largest absolute Gasteiger partial charge is 0.493 e. The highest BCUT2D eigenvalue weighted by molar-refractivity contribution is 5.49. The molecule has 0 unspecified atom stereocenters. The van der Waals surface area contributed by atoms with Gasteiger partial charge in [0.15, 0.2) is 11.6 Å². The fourth-order valence-electron chi connectivity index (χ4n) is 1.89. The summed E-state index contributed by atoms with van der Waals surface area (Å²) in [6, 6.07) is 12.4. The average Bonchev–Trinajstić information content (AvgIpc) is 2.45. The quantitative estimate of drug-likeness (QED) is 0.883. The van der Waals surface area contributed by atoms with Crippen molar-refractivity contribution in [3.8, 4) is 5.75 Å². The van der Waals surface area contributed by atoms with E-state index in [4.69, 9.17) is 4.74 Å². The second kappa shape index (κ2) is 6.23.